The Bertz CT molecular complexity index is 936. The topological polar surface area (TPSA) is 46.9 Å². The van der Waals surface area contributed by atoms with Crippen LogP contribution in [-0.2, 0) is 6.54 Å². The SMILES string of the molecule is CCC1C(=C(Cl)Cl)C(C)c2cccc(NC(=O)c3cn(CC)nc3C(F)F)c21. The summed E-state index contributed by atoms with van der Waals surface area (Å²) >= 11 is 12.3. The van der Waals surface area contributed by atoms with Gasteiger partial charge in [0.05, 0.1) is 5.56 Å². The zero-order valence-electron chi connectivity index (χ0n) is 15.8. The van der Waals surface area contributed by atoms with Crippen LogP contribution in [0.5, 0.6) is 0 Å². The Morgan fingerprint density at radius 1 is 1.32 bits per heavy atom. The van der Waals surface area contributed by atoms with E-state index in [-0.39, 0.29) is 21.9 Å². The molecule has 1 aromatic carbocycles. The maximum Gasteiger partial charge on any atom is 0.282 e. The smallest absolute Gasteiger partial charge is 0.282 e. The first-order valence-corrected chi connectivity index (χ1v) is 9.90. The van der Waals surface area contributed by atoms with Gasteiger partial charge >= 0.3 is 0 Å². The van der Waals surface area contributed by atoms with E-state index in [9.17, 15) is 13.6 Å². The number of hydrogen-bond acceptors (Lipinski definition) is 2. The van der Waals surface area contributed by atoms with Crippen molar-refractivity contribution in [3.05, 3.63) is 56.8 Å². The molecule has 1 aliphatic rings. The number of hydrogen-bond donors (Lipinski definition) is 1. The van der Waals surface area contributed by atoms with E-state index in [2.05, 4.69) is 10.4 Å². The number of nitrogens with one attached hydrogen (secondary N) is 1. The zero-order valence-corrected chi connectivity index (χ0v) is 17.3. The molecule has 3 rings (SSSR count). The number of aryl methyl sites for hydroxylation is 1. The third kappa shape index (κ3) is 3.55. The van der Waals surface area contributed by atoms with Crippen LogP contribution in [0.3, 0.4) is 0 Å². The van der Waals surface area contributed by atoms with Crippen LogP contribution in [0.4, 0.5) is 14.5 Å². The van der Waals surface area contributed by atoms with E-state index < -0.39 is 18.0 Å². The summed E-state index contributed by atoms with van der Waals surface area (Å²) in [4.78, 5) is 12.8. The monoisotopic (exact) mass is 427 g/mol. The van der Waals surface area contributed by atoms with E-state index in [0.717, 1.165) is 23.1 Å². The molecule has 4 nitrogen and oxygen atoms in total. The summed E-state index contributed by atoms with van der Waals surface area (Å²) in [6, 6.07) is 5.57. The number of nitrogens with zero attached hydrogens (tertiary/aromatic N) is 2. The fraction of sp³-hybridized carbons (Fsp3) is 0.400. The van der Waals surface area contributed by atoms with Gasteiger partial charge in [-0.1, -0.05) is 49.2 Å². The molecule has 0 radical (unpaired) electrons. The molecule has 0 spiro atoms. The quantitative estimate of drug-likeness (QED) is 0.600. The van der Waals surface area contributed by atoms with Gasteiger partial charge in [0.15, 0.2) is 0 Å². The highest BCUT2D eigenvalue weighted by atomic mass is 35.5. The molecule has 1 amide bonds. The molecule has 1 N–H and O–H groups in total. The molecule has 2 unspecified atom stereocenters. The molecule has 0 aliphatic heterocycles. The van der Waals surface area contributed by atoms with E-state index >= 15 is 0 Å². The molecule has 0 saturated carbocycles. The van der Waals surface area contributed by atoms with Gasteiger partial charge in [-0.05, 0) is 36.1 Å². The molecule has 0 saturated heterocycles. The van der Waals surface area contributed by atoms with Crippen molar-refractivity contribution in [1.82, 2.24) is 9.78 Å². The lowest BCUT2D eigenvalue weighted by atomic mass is 9.93. The van der Waals surface area contributed by atoms with Gasteiger partial charge in [0.1, 0.15) is 10.2 Å². The average molecular weight is 428 g/mol. The maximum absolute atomic E-state index is 13.3. The first-order chi connectivity index (χ1) is 13.3. The van der Waals surface area contributed by atoms with Crippen molar-refractivity contribution in [2.45, 2.75) is 52.0 Å². The minimum absolute atomic E-state index is 0.0151. The number of anilines is 1. The van der Waals surface area contributed by atoms with Gasteiger partial charge in [0.2, 0.25) is 0 Å². The fourth-order valence-corrected chi connectivity index (χ4v) is 4.52. The van der Waals surface area contributed by atoms with Gasteiger partial charge in [-0.25, -0.2) is 8.78 Å². The van der Waals surface area contributed by atoms with Crippen LogP contribution in [-0.4, -0.2) is 15.7 Å². The molecule has 1 heterocycles. The van der Waals surface area contributed by atoms with Crippen LogP contribution in [0, 0.1) is 0 Å². The second-order valence-electron chi connectivity index (χ2n) is 6.75. The molecule has 2 aromatic rings. The first kappa shape index (κ1) is 20.8. The molecular weight excluding hydrogens is 407 g/mol. The predicted octanol–water partition coefficient (Wildman–Crippen LogP) is 6.39. The molecule has 28 heavy (non-hydrogen) atoms. The van der Waals surface area contributed by atoms with Crippen molar-refractivity contribution in [2.24, 2.45) is 0 Å². The number of aromatic nitrogens is 2. The predicted molar refractivity (Wildman–Crippen MR) is 107 cm³/mol. The van der Waals surface area contributed by atoms with E-state index in [4.69, 9.17) is 23.2 Å². The van der Waals surface area contributed by atoms with Crippen LogP contribution in [0.2, 0.25) is 0 Å². The van der Waals surface area contributed by atoms with E-state index in [1.165, 1.54) is 10.9 Å². The van der Waals surface area contributed by atoms with Gasteiger partial charge in [0.25, 0.3) is 12.3 Å². The maximum atomic E-state index is 13.3. The number of carbonyl (C=O) groups excluding carboxylic acids is 1. The second kappa shape index (κ2) is 8.21. The highest BCUT2D eigenvalue weighted by Gasteiger charge is 2.36. The Morgan fingerprint density at radius 2 is 2.04 bits per heavy atom. The summed E-state index contributed by atoms with van der Waals surface area (Å²) in [6.07, 6.45) is -0.734. The third-order valence-corrected chi connectivity index (χ3v) is 5.67. The number of rotatable bonds is 5. The standard InChI is InChI=1S/C20H21Cl2F2N3O/c1-4-11-15(18(21)22)10(3)12-7-6-8-14(16(11)12)25-20(28)13-9-27(5-2)26-17(13)19(23)24/h6-11,19H,4-5H2,1-3H3,(H,25,28). The summed E-state index contributed by atoms with van der Waals surface area (Å²) in [5.74, 6) is -0.638. The lowest BCUT2D eigenvalue weighted by molar-refractivity contribution is 0.101. The molecular formula is C20H21Cl2F2N3O. The summed E-state index contributed by atoms with van der Waals surface area (Å²) in [6.45, 7) is 6.19. The number of carbonyl (C=O) groups is 1. The minimum Gasteiger partial charge on any atom is -0.322 e. The third-order valence-electron chi connectivity index (χ3n) is 5.24. The van der Waals surface area contributed by atoms with Gasteiger partial charge in [-0.3, -0.25) is 9.48 Å². The Balaban J connectivity index is 2.02. The molecule has 0 bridgehead atoms. The molecule has 150 valence electrons. The lowest BCUT2D eigenvalue weighted by Gasteiger charge is -2.16. The highest BCUT2D eigenvalue weighted by molar-refractivity contribution is 6.56. The summed E-state index contributed by atoms with van der Waals surface area (Å²) in [5, 5.41) is 6.61. The molecule has 8 heteroatoms. The van der Waals surface area contributed by atoms with Crippen LogP contribution < -0.4 is 5.32 Å². The van der Waals surface area contributed by atoms with Crippen molar-refractivity contribution in [3.8, 4) is 0 Å². The largest absolute Gasteiger partial charge is 0.322 e. The van der Waals surface area contributed by atoms with Crippen molar-refractivity contribution in [3.63, 3.8) is 0 Å². The molecule has 0 fully saturated rings. The Kier molecular flexibility index (Phi) is 6.10. The Morgan fingerprint density at radius 3 is 2.61 bits per heavy atom. The number of alkyl halides is 2. The number of allylic oxidation sites excluding steroid dienone is 1. The number of amides is 1. The lowest BCUT2D eigenvalue weighted by Crippen LogP contribution is -2.15. The van der Waals surface area contributed by atoms with Crippen molar-refractivity contribution >= 4 is 34.8 Å². The summed E-state index contributed by atoms with van der Waals surface area (Å²) in [5.41, 5.74) is 2.80. The average Bonchev–Trinajstić information content (AvgIpc) is 3.22. The molecule has 2 atom stereocenters. The van der Waals surface area contributed by atoms with Crippen LogP contribution in [0.25, 0.3) is 0 Å². The van der Waals surface area contributed by atoms with Crippen LogP contribution in [0.1, 0.15) is 72.6 Å². The minimum atomic E-state index is -2.83. The second-order valence-corrected chi connectivity index (χ2v) is 7.69. The van der Waals surface area contributed by atoms with Gasteiger partial charge in [-0.15, -0.1) is 0 Å². The fourth-order valence-electron chi connectivity index (χ4n) is 3.93. The Hall–Kier alpha value is -1.92. The number of halogens is 4. The van der Waals surface area contributed by atoms with E-state index in [1.54, 1.807) is 13.0 Å². The van der Waals surface area contributed by atoms with Crippen LogP contribution in [0.15, 0.2) is 34.5 Å². The van der Waals surface area contributed by atoms with Gasteiger partial charge < -0.3 is 5.32 Å². The molecule has 1 aliphatic carbocycles. The number of fused-ring (bicyclic) bond motifs is 1. The van der Waals surface area contributed by atoms with E-state index in [1.807, 2.05) is 26.0 Å². The number of benzene rings is 1. The first-order valence-electron chi connectivity index (χ1n) is 9.14. The summed E-state index contributed by atoms with van der Waals surface area (Å²) in [7, 11) is 0. The van der Waals surface area contributed by atoms with Crippen molar-refractivity contribution in [1.29, 1.82) is 0 Å². The van der Waals surface area contributed by atoms with Gasteiger partial charge in [0, 0.05) is 30.3 Å². The van der Waals surface area contributed by atoms with Crippen molar-refractivity contribution < 1.29 is 13.6 Å². The normalized spacial score (nSPS) is 18.5. The van der Waals surface area contributed by atoms with Gasteiger partial charge in [-0.2, -0.15) is 5.10 Å². The summed E-state index contributed by atoms with van der Waals surface area (Å²) < 4.78 is 28.2. The van der Waals surface area contributed by atoms with E-state index in [0.29, 0.717) is 12.2 Å². The Labute approximate surface area is 172 Å². The van der Waals surface area contributed by atoms with Crippen LogP contribution >= 0.6 is 23.2 Å². The van der Waals surface area contributed by atoms with Crippen molar-refractivity contribution in [2.75, 3.05) is 5.32 Å². The molecule has 1 aromatic heterocycles. The highest BCUT2D eigenvalue weighted by Crippen LogP contribution is 2.52. The zero-order chi connectivity index (χ0) is 20.6.